The Balaban J connectivity index is 2.21. The Kier molecular flexibility index (Phi) is 5.62. The molecule has 7 nitrogen and oxygen atoms in total. The number of carbonyl (C=O) groups is 1. The molecule has 0 saturated heterocycles. The number of anilines is 1. The van der Waals surface area contributed by atoms with Gasteiger partial charge in [-0.1, -0.05) is 25.5 Å². The molecule has 0 spiro atoms. The van der Waals surface area contributed by atoms with Gasteiger partial charge in [0.15, 0.2) is 0 Å². The first-order valence-corrected chi connectivity index (χ1v) is 7.48. The van der Waals surface area contributed by atoms with E-state index < -0.39 is 4.92 Å². The van der Waals surface area contributed by atoms with Gasteiger partial charge in [-0.05, 0) is 30.7 Å². The lowest BCUT2D eigenvalue weighted by Gasteiger charge is -2.07. The van der Waals surface area contributed by atoms with Crippen molar-refractivity contribution in [3.8, 4) is 0 Å². The van der Waals surface area contributed by atoms with E-state index in [1.807, 2.05) is 6.92 Å². The summed E-state index contributed by atoms with van der Waals surface area (Å²) in [6.45, 7) is 1.97. The summed E-state index contributed by atoms with van der Waals surface area (Å²) in [7, 11) is 0. The van der Waals surface area contributed by atoms with Crippen LogP contribution in [0.5, 0.6) is 0 Å². The number of nitrogen functional groups attached to an aromatic ring is 1. The number of carbonyl (C=O) groups excluding carboxylic acids is 1. The highest BCUT2D eigenvalue weighted by Crippen LogP contribution is 2.15. The van der Waals surface area contributed by atoms with E-state index in [9.17, 15) is 14.9 Å². The first-order chi connectivity index (χ1) is 11.5. The smallest absolute Gasteiger partial charge is 0.271 e. The maximum atomic E-state index is 12.1. The fraction of sp³-hybridized carbons (Fsp3) is 0.176. The summed E-state index contributed by atoms with van der Waals surface area (Å²) >= 11 is 0. The molecule has 3 N–H and O–H groups in total. The van der Waals surface area contributed by atoms with Gasteiger partial charge in [-0.3, -0.25) is 14.9 Å². The lowest BCUT2D eigenvalue weighted by atomic mass is 10.1. The minimum Gasteiger partial charge on any atom is -0.399 e. The molecule has 2 aromatic carbocycles. The summed E-state index contributed by atoms with van der Waals surface area (Å²) in [5.74, 6) is -0.367. The van der Waals surface area contributed by atoms with E-state index in [-0.39, 0.29) is 11.6 Å². The SMILES string of the molecule is CCC/C(=N/NC(=O)c1ccc(N)cc1)c1cccc([N+](=O)[O-])c1. The highest BCUT2D eigenvalue weighted by Gasteiger charge is 2.11. The third kappa shape index (κ3) is 4.39. The summed E-state index contributed by atoms with van der Waals surface area (Å²) in [5.41, 5.74) is 10.3. The fourth-order valence-electron chi connectivity index (χ4n) is 2.12. The number of benzene rings is 2. The zero-order valence-electron chi connectivity index (χ0n) is 13.2. The van der Waals surface area contributed by atoms with Crippen LogP contribution in [0.3, 0.4) is 0 Å². The summed E-state index contributed by atoms with van der Waals surface area (Å²) in [4.78, 5) is 22.5. The van der Waals surface area contributed by atoms with Gasteiger partial charge in [0.25, 0.3) is 11.6 Å². The van der Waals surface area contributed by atoms with Crippen molar-refractivity contribution >= 4 is 23.0 Å². The first-order valence-electron chi connectivity index (χ1n) is 7.48. The summed E-state index contributed by atoms with van der Waals surface area (Å²) < 4.78 is 0. The molecule has 1 amide bonds. The molecule has 0 unspecified atom stereocenters. The number of nitrogens with one attached hydrogen (secondary N) is 1. The first kappa shape index (κ1) is 17.1. The molecule has 124 valence electrons. The number of nitro groups is 1. The van der Waals surface area contributed by atoms with Crippen LogP contribution in [-0.4, -0.2) is 16.5 Å². The van der Waals surface area contributed by atoms with Crippen molar-refractivity contribution in [2.75, 3.05) is 5.73 Å². The molecule has 2 aromatic rings. The van der Waals surface area contributed by atoms with Crippen LogP contribution < -0.4 is 11.2 Å². The number of hydrogen-bond acceptors (Lipinski definition) is 5. The van der Waals surface area contributed by atoms with Gasteiger partial charge in [0.05, 0.1) is 10.6 Å². The normalized spacial score (nSPS) is 11.1. The summed E-state index contributed by atoms with van der Waals surface area (Å²) in [6.07, 6.45) is 1.38. The molecule has 0 bridgehead atoms. The van der Waals surface area contributed by atoms with E-state index in [2.05, 4.69) is 10.5 Å². The Morgan fingerprint density at radius 1 is 1.21 bits per heavy atom. The number of rotatable bonds is 6. The van der Waals surface area contributed by atoms with Gasteiger partial charge >= 0.3 is 0 Å². The van der Waals surface area contributed by atoms with Crippen LogP contribution in [0.15, 0.2) is 53.6 Å². The molecule has 7 heteroatoms. The Morgan fingerprint density at radius 2 is 1.92 bits per heavy atom. The number of nitro benzene ring substituents is 1. The van der Waals surface area contributed by atoms with E-state index in [0.29, 0.717) is 28.9 Å². The molecule has 0 aromatic heterocycles. The zero-order chi connectivity index (χ0) is 17.5. The van der Waals surface area contributed by atoms with Crippen LogP contribution >= 0.6 is 0 Å². The molecule has 0 saturated carbocycles. The number of nitrogens with zero attached hydrogens (tertiary/aromatic N) is 2. The molecular formula is C17H18N4O3. The molecule has 24 heavy (non-hydrogen) atoms. The molecular weight excluding hydrogens is 308 g/mol. The van der Waals surface area contributed by atoms with Gasteiger partial charge in [-0.15, -0.1) is 0 Å². The van der Waals surface area contributed by atoms with Crippen LogP contribution in [0.1, 0.15) is 35.7 Å². The number of amides is 1. The maximum absolute atomic E-state index is 12.1. The van der Waals surface area contributed by atoms with Crippen molar-refractivity contribution in [3.63, 3.8) is 0 Å². The zero-order valence-corrected chi connectivity index (χ0v) is 13.2. The van der Waals surface area contributed by atoms with Gasteiger partial charge in [-0.2, -0.15) is 5.10 Å². The lowest BCUT2D eigenvalue weighted by Crippen LogP contribution is -2.20. The Hall–Kier alpha value is -3.22. The number of hydrazone groups is 1. The standard InChI is InChI=1S/C17H18N4O3/c1-2-4-16(13-5-3-6-15(11-13)21(23)24)19-20-17(22)12-7-9-14(18)10-8-12/h3,5-11H,2,4,18H2,1H3,(H,20,22)/b19-16-. The number of non-ortho nitro benzene ring substituents is 1. The van der Waals surface area contributed by atoms with E-state index in [1.165, 1.54) is 12.1 Å². The lowest BCUT2D eigenvalue weighted by molar-refractivity contribution is -0.384. The van der Waals surface area contributed by atoms with Crippen molar-refractivity contribution in [3.05, 3.63) is 69.8 Å². The summed E-state index contributed by atoms with van der Waals surface area (Å²) in [6, 6.07) is 12.7. The highest BCUT2D eigenvalue weighted by molar-refractivity contribution is 6.02. The van der Waals surface area contributed by atoms with Crippen molar-refractivity contribution in [1.29, 1.82) is 0 Å². The molecule has 0 heterocycles. The maximum Gasteiger partial charge on any atom is 0.271 e. The minimum atomic E-state index is -0.458. The quantitative estimate of drug-likeness (QED) is 0.368. The van der Waals surface area contributed by atoms with Crippen molar-refractivity contribution in [2.24, 2.45) is 5.10 Å². The minimum absolute atomic E-state index is 0.0128. The summed E-state index contributed by atoms with van der Waals surface area (Å²) in [5, 5.41) is 15.0. The van der Waals surface area contributed by atoms with Gasteiger partial charge in [0.2, 0.25) is 0 Å². The van der Waals surface area contributed by atoms with E-state index in [0.717, 1.165) is 6.42 Å². The van der Waals surface area contributed by atoms with Gasteiger partial charge in [-0.25, -0.2) is 5.43 Å². The van der Waals surface area contributed by atoms with Crippen LogP contribution in [-0.2, 0) is 0 Å². The predicted octanol–water partition coefficient (Wildman–Crippen LogP) is 3.11. The van der Waals surface area contributed by atoms with Crippen molar-refractivity contribution < 1.29 is 9.72 Å². The molecule has 0 fully saturated rings. The Bertz CT molecular complexity index is 770. The van der Waals surface area contributed by atoms with E-state index >= 15 is 0 Å². The third-order valence-electron chi connectivity index (χ3n) is 3.34. The van der Waals surface area contributed by atoms with Crippen molar-refractivity contribution in [2.45, 2.75) is 19.8 Å². The third-order valence-corrected chi connectivity index (χ3v) is 3.34. The predicted molar refractivity (Wildman–Crippen MR) is 92.9 cm³/mol. The largest absolute Gasteiger partial charge is 0.399 e. The molecule has 0 atom stereocenters. The van der Waals surface area contributed by atoms with Gasteiger partial charge in [0.1, 0.15) is 0 Å². The second-order valence-electron chi connectivity index (χ2n) is 5.18. The fourth-order valence-corrected chi connectivity index (χ4v) is 2.12. The molecule has 2 rings (SSSR count). The van der Waals surface area contributed by atoms with Crippen LogP contribution in [0.25, 0.3) is 0 Å². The van der Waals surface area contributed by atoms with Crippen LogP contribution in [0, 0.1) is 10.1 Å². The van der Waals surface area contributed by atoms with Gasteiger partial charge in [0, 0.05) is 28.9 Å². The number of hydrogen-bond donors (Lipinski definition) is 2. The molecule has 0 aliphatic carbocycles. The van der Waals surface area contributed by atoms with Crippen molar-refractivity contribution in [1.82, 2.24) is 5.43 Å². The Morgan fingerprint density at radius 3 is 2.54 bits per heavy atom. The monoisotopic (exact) mass is 326 g/mol. The Labute approximate surface area is 139 Å². The average Bonchev–Trinajstić information content (AvgIpc) is 2.59. The second-order valence-corrected chi connectivity index (χ2v) is 5.18. The van der Waals surface area contributed by atoms with Crippen LogP contribution in [0.4, 0.5) is 11.4 Å². The molecule has 0 aliphatic rings. The average molecular weight is 326 g/mol. The van der Waals surface area contributed by atoms with E-state index in [4.69, 9.17) is 5.73 Å². The molecule has 0 aliphatic heterocycles. The molecule has 0 radical (unpaired) electrons. The second kappa shape index (κ2) is 7.87. The van der Waals surface area contributed by atoms with E-state index in [1.54, 1.807) is 36.4 Å². The number of nitrogens with two attached hydrogens (primary N) is 1. The van der Waals surface area contributed by atoms with Crippen LogP contribution in [0.2, 0.25) is 0 Å². The highest BCUT2D eigenvalue weighted by atomic mass is 16.6. The van der Waals surface area contributed by atoms with Gasteiger partial charge < -0.3 is 5.73 Å². The topological polar surface area (TPSA) is 111 Å².